The lowest BCUT2D eigenvalue weighted by atomic mass is 10.1. The molecule has 0 atom stereocenters. The van der Waals surface area contributed by atoms with Crippen LogP contribution in [-0.2, 0) is 4.74 Å². The van der Waals surface area contributed by atoms with Gasteiger partial charge in [-0.05, 0) is 40.5 Å². The van der Waals surface area contributed by atoms with Gasteiger partial charge in [-0.3, -0.25) is 0 Å². The van der Waals surface area contributed by atoms with Crippen LogP contribution in [0.1, 0.15) is 15.9 Å². The number of carbonyl (C=O) groups excluding carboxylic acids is 1. The normalized spacial score (nSPS) is 9.71. The molecule has 0 radical (unpaired) electrons. The highest BCUT2D eigenvalue weighted by molar-refractivity contribution is 9.10. The van der Waals surface area contributed by atoms with Gasteiger partial charge in [0.15, 0.2) is 0 Å². The van der Waals surface area contributed by atoms with Crippen molar-refractivity contribution in [2.45, 2.75) is 6.92 Å². The molecule has 1 rings (SSSR count). The van der Waals surface area contributed by atoms with Crippen molar-refractivity contribution in [3.8, 4) is 5.75 Å². The van der Waals surface area contributed by atoms with E-state index in [2.05, 4.69) is 20.7 Å². The molecule has 14 heavy (non-hydrogen) atoms. The number of hydrogen-bond donors (Lipinski definition) is 0. The fourth-order valence-corrected chi connectivity index (χ4v) is 1.51. The summed E-state index contributed by atoms with van der Waals surface area (Å²) in [5, 5.41) is 0. The topological polar surface area (TPSA) is 35.5 Å². The minimum absolute atomic E-state index is 0.362. The molecule has 0 aliphatic carbocycles. The van der Waals surface area contributed by atoms with E-state index in [0.29, 0.717) is 11.3 Å². The number of aryl methyl sites for hydroxylation is 1. The molecule has 0 amide bonds. The minimum atomic E-state index is -0.362. The maximum absolute atomic E-state index is 11.3. The molecule has 1 aromatic carbocycles. The largest absolute Gasteiger partial charge is 0.496 e. The maximum Gasteiger partial charge on any atom is 0.337 e. The zero-order valence-corrected chi connectivity index (χ0v) is 9.84. The second kappa shape index (κ2) is 4.46. The Kier molecular flexibility index (Phi) is 3.52. The van der Waals surface area contributed by atoms with Crippen molar-refractivity contribution in [3.63, 3.8) is 0 Å². The van der Waals surface area contributed by atoms with Crippen molar-refractivity contribution >= 4 is 21.9 Å². The zero-order chi connectivity index (χ0) is 10.7. The van der Waals surface area contributed by atoms with Gasteiger partial charge in [-0.1, -0.05) is 0 Å². The quantitative estimate of drug-likeness (QED) is 0.765. The standard InChI is InChI=1S/C10H11BrO3/c1-6-4-7(10(12)14-3)5-8(13-2)9(6)11/h4-5H,1-3H3. The van der Waals surface area contributed by atoms with E-state index in [1.54, 1.807) is 19.2 Å². The molecule has 1 aromatic rings. The van der Waals surface area contributed by atoms with Crippen LogP contribution in [0.15, 0.2) is 16.6 Å². The van der Waals surface area contributed by atoms with E-state index in [9.17, 15) is 4.79 Å². The first-order valence-electron chi connectivity index (χ1n) is 4.02. The molecule has 4 heteroatoms. The van der Waals surface area contributed by atoms with Crippen LogP contribution in [0.2, 0.25) is 0 Å². The van der Waals surface area contributed by atoms with E-state index in [-0.39, 0.29) is 5.97 Å². The Labute approximate surface area is 91.1 Å². The fraction of sp³-hybridized carbons (Fsp3) is 0.300. The summed E-state index contributed by atoms with van der Waals surface area (Å²) in [6.45, 7) is 1.89. The SMILES string of the molecule is COC(=O)c1cc(C)c(Br)c(OC)c1. The van der Waals surface area contributed by atoms with E-state index >= 15 is 0 Å². The predicted octanol–water partition coefficient (Wildman–Crippen LogP) is 2.55. The van der Waals surface area contributed by atoms with Crippen molar-refractivity contribution in [2.24, 2.45) is 0 Å². The number of carbonyl (C=O) groups is 1. The van der Waals surface area contributed by atoms with E-state index in [1.807, 2.05) is 6.92 Å². The second-order valence-corrected chi connectivity index (χ2v) is 3.59. The van der Waals surface area contributed by atoms with Crippen LogP contribution in [-0.4, -0.2) is 20.2 Å². The third-order valence-corrected chi connectivity index (χ3v) is 2.88. The van der Waals surface area contributed by atoms with Gasteiger partial charge in [-0.15, -0.1) is 0 Å². The van der Waals surface area contributed by atoms with Gasteiger partial charge in [0, 0.05) is 0 Å². The van der Waals surface area contributed by atoms with Crippen LogP contribution in [0.3, 0.4) is 0 Å². The van der Waals surface area contributed by atoms with Gasteiger partial charge in [0.2, 0.25) is 0 Å². The fourth-order valence-electron chi connectivity index (χ4n) is 1.12. The lowest BCUT2D eigenvalue weighted by Crippen LogP contribution is -2.02. The first-order valence-corrected chi connectivity index (χ1v) is 4.82. The molecule has 0 aliphatic rings. The Morgan fingerprint density at radius 1 is 1.36 bits per heavy atom. The first-order chi connectivity index (χ1) is 6.60. The smallest absolute Gasteiger partial charge is 0.337 e. The lowest BCUT2D eigenvalue weighted by molar-refractivity contribution is 0.0600. The van der Waals surface area contributed by atoms with E-state index in [4.69, 9.17) is 4.74 Å². The summed E-state index contributed by atoms with van der Waals surface area (Å²) in [6.07, 6.45) is 0. The molecule has 0 saturated carbocycles. The van der Waals surface area contributed by atoms with Crippen molar-refractivity contribution in [1.29, 1.82) is 0 Å². The summed E-state index contributed by atoms with van der Waals surface area (Å²) in [7, 11) is 2.91. The van der Waals surface area contributed by atoms with Gasteiger partial charge in [0.25, 0.3) is 0 Å². The van der Waals surface area contributed by atoms with E-state index in [1.165, 1.54) is 7.11 Å². The zero-order valence-electron chi connectivity index (χ0n) is 8.26. The van der Waals surface area contributed by atoms with Crippen LogP contribution in [0.4, 0.5) is 0 Å². The summed E-state index contributed by atoms with van der Waals surface area (Å²) in [6, 6.07) is 3.39. The van der Waals surface area contributed by atoms with E-state index in [0.717, 1.165) is 10.0 Å². The monoisotopic (exact) mass is 258 g/mol. The van der Waals surface area contributed by atoms with Crippen molar-refractivity contribution in [1.82, 2.24) is 0 Å². The molecule has 76 valence electrons. The van der Waals surface area contributed by atoms with Crippen LogP contribution in [0, 0.1) is 6.92 Å². The van der Waals surface area contributed by atoms with Gasteiger partial charge in [-0.2, -0.15) is 0 Å². The number of rotatable bonds is 2. The van der Waals surface area contributed by atoms with Gasteiger partial charge in [0.05, 0.1) is 24.3 Å². The highest BCUT2D eigenvalue weighted by Crippen LogP contribution is 2.29. The summed E-state index contributed by atoms with van der Waals surface area (Å²) < 4.78 is 10.6. The summed E-state index contributed by atoms with van der Waals surface area (Å²) in [4.78, 5) is 11.3. The third kappa shape index (κ3) is 2.07. The van der Waals surface area contributed by atoms with Crippen LogP contribution >= 0.6 is 15.9 Å². The molecule has 0 unspecified atom stereocenters. The summed E-state index contributed by atoms with van der Waals surface area (Å²) in [5.41, 5.74) is 1.43. The molecule has 0 aliphatic heterocycles. The average Bonchev–Trinajstić information content (AvgIpc) is 2.20. The molecule has 0 spiro atoms. The molecule has 0 bridgehead atoms. The lowest BCUT2D eigenvalue weighted by Gasteiger charge is -2.08. The molecule has 0 fully saturated rings. The number of ether oxygens (including phenoxy) is 2. The highest BCUT2D eigenvalue weighted by Gasteiger charge is 2.11. The van der Waals surface area contributed by atoms with Crippen LogP contribution in [0.25, 0.3) is 0 Å². The Balaban J connectivity index is 3.22. The number of esters is 1. The number of halogens is 1. The Hall–Kier alpha value is -1.03. The predicted molar refractivity (Wildman–Crippen MR) is 56.8 cm³/mol. The van der Waals surface area contributed by atoms with Gasteiger partial charge in [0.1, 0.15) is 5.75 Å². The molecule has 0 aromatic heterocycles. The first kappa shape index (κ1) is 11.0. The van der Waals surface area contributed by atoms with Crippen molar-refractivity contribution in [2.75, 3.05) is 14.2 Å². The summed E-state index contributed by atoms with van der Waals surface area (Å²) in [5.74, 6) is 0.268. The summed E-state index contributed by atoms with van der Waals surface area (Å²) >= 11 is 3.37. The Morgan fingerprint density at radius 3 is 2.50 bits per heavy atom. The number of hydrogen-bond acceptors (Lipinski definition) is 3. The molecule has 3 nitrogen and oxygen atoms in total. The van der Waals surface area contributed by atoms with Gasteiger partial charge >= 0.3 is 5.97 Å². The molecular formula is C10H11BrO3. The highest BCUT2D eigenvalue weighted by atomic mass is 79.9. The molecular weight excluding hydrogens is 248 g/mol. The average molecular weight is 259 g/mol. The second-order valence-electron chi connectivity index (χ2n) is 2.80. The van der Waals surface area contributed by atoms with Crippen molar-refractivity contribution < 1.29 is 14.3 Å². The van der Waals surface area contributed by atoms with Crippen molar-refractivity contribution in [3.05, 3.63) is 27.7 Å². The van der Waals surface area contributed by atoms with Crippen LogP contribution in [0.5, 0.6) is 5.75 Å². The number of benzene rings is 1. The van der Waals surface area contributed by atoms with E-state index < -0.39 is 0 Å². The Morgan fingerprint density at radius 2 is 2.00 bits per heavy atom. The van der Waals surface area contributed by atoms with Gasteiger partial charge < -0.3 is 9.47 Å². The Bertz CT molecular complexity index is 361. The van der Waals surface area contributed by atoms with Gasteiger partial charge in [-0.25, -0.2) is 4.79 Å². The number of methoxy groups -OCH3 is 2. The van der Waals surface area contributed by atoms with Crippen LogP contribution < -0.4 is 4.74 Å². The molecule has 0 saturated heterocycles. The maximum atomic E-state index is 11.3. The third-order valence-electron chi connectivity index (χ3n) is 1.86. The minimum Gasteiger partial charge on any atom is -0.496 e. The molecule has 0 N–H and O–H groups in total. The molecule has 0 heterocycles.